The van der Waals surface area contributed by atoms with E-state index in [1.54, 1.807) is 11.8 Å². The molecule has 0 aliphatic carbocycles. The number of carboxylic acid groups (broad SMARTS) is 1. The van der Waals surface area contributed by atoms with Crippen LogP contribution in [0.2, 0.25) is 0 Å². The van der Waals surface area contributed by atoms with Crippen molar-refractivity contribution >= 4 is 54.1 Å². The number of nitrogens with one attached hydrogen (secondary N) is 1. The van der Waals surface area contributed by atoms with Crippen LogP contribution in [0.4, 0.5) is 5.69 Å². The second kappa shape index (κ2) is 24.6. The molecular formula is C26H39N5O9S2. The highest BCUT2D eigenvalue weighted by molar-refractivity contribution is 7.98. The predicted molar refractivity (Wildman–Crippen MR) is 163 cm³/mol. The van der Waals surface area contributed by atoms with Gasteiger partial charge in [0.25, 0.3) is 5.22 Å². The van der Waals surface area contributed by atoms with Crippen molar-refractivity contribution < 1.29 is 42.8 Å². The van der Waals surface area contributed by atoms with Gasteiger partial charge in [-0.3, -0.25) is 4.79 Å². The third kappa shape index (κ3) is 17.1. The lowest BCUT2D eigenvalue weighted by atomic mass is 10.1. The number of anilines is 1. The number of benzene rings is 1. The van der Waals surface area contributed by atoms with Gasteiger partial charge in [0.15, 0.2) is 0 Å². The van der Waals surface area contributed by atoms with E-state index in [0.29, 0.717) is 75.6 Å². The van der Waals surface area contributed by atoms with Crippen molar-refractivity contribution in [1.29, 1.82) is 0 Å². The number of carbonyl (C=O) groups is 2. The van der Waals surface area contributed by atoms with Gasteiger partial charge in [0.1, 0.15) is 12.2 Å². The van der Waals surface area contributed by atoms with Crippen LogP contribution >= 0.6 is 23.5 Å². The van der Waals surface area contributed by atoms with E-state index in [1.807, 2.05) is 37.8 Å². The highest BCUT2D eigenvalue weighted by Gasteiger charge is 2.14. The molecule has 0 spiro atoms. The molecule has 2 aromatic rings. The number of nitrogens with zero attached hydrogens (tertiary/aromatic N) is 4. The number of aliphatic carboxylic acids is 1. The van der Waals surface area contributed by atoms with Gasteiger partial charge in [-0.05, 0) is 30.7 Å². The summed E-state index contributed by atoms with van der Waals surface area (Å²) in [5, 5.41) is 27.5. The maximum atomic E-state index is 10.2. The lowest BCUT2D eigenvalue weighted by Crippen LogP contribution is -2.13. The molecule has 16 heteroatoms. The van der Waals surface area contributed by atoms with Crippen LogP contribution in [0.3, 0.4) is 0 Å². The number of carbonyl (C=O) groups excluding carboxylic acids is 1. The van der Waals surface area contributed by atoms with Crippen molar-refractivity contribution in [2.24, 2.45) is 10.2 Å². The Labute approximate surface area is 254 Å². The van der Waals surface area contributed by atoms with E-state index in [2.05, 4.69) is 32.4 Å². The zero-order valence-electron chi connectivity index (χ0n) is 24.1. The summed E-state index contributed by atoms with van der Waals surface area (Å²) in [6.45, 7) is 6.66. The highest BCUT2D eigenvalue weighted by Crippen LogP contribution is 2.26. The minimum atomic E-state index is -0.871. The first-order valence-corrected chi connectivity index (χ1v) is 15.4. The largest absolute Gasteiger partial charge is 0.481 e. The highest BCUT2D eigenvalue weighted by atomic mass is 32.2. The number of thioether (sulfide) groups is 2. The van der Waals surface area contributed by atoms with Crippen molar-refractivity contribution in [3.63, 3.8) is 0 Å². The topological polar surface area (TPSA) is 176 Å². The number of aldehydes is 1. The van der Waals surface area contributed by atoms with E-state index < -0.39 is 5.97 Å². The molecule has 0 fully saturated rings. The molecule has 0 atom stereocenters. The Morgan fingerprint density at radius 2 is 1.67 bits per heavy atom. The van der Waals surface area contributed by atoms with E-state index >= 15 is 0 Å². The Balaban J connectivity index is 0.000000430. The lowest BCUT2D eigenvalue weighted by Gasteiger charge is -2.10. The molecule has 1 heterocycles. The van der Waals surface area contributed by atoms with Crippen LogP contribution in [-0.2, 0) is 33.3 Å². The van der Waals surface area contributed by atoms with Gasteiger partial charge < -0.3 is 43.3 Å². The molecule has 0 saturated carbocycles. The Morgan fingerprint density at radius 1 is 1.02 bits per heavy atom. The summed E-state index contributed by atoms with van der Waals surface area (Å²) in [6, 6.07) is 5.68. The van der Waals surface area contributed by atoms with E-state index in [1.165, 1.54) is 11.8 Å². The molecule has 2 rings (SSSR count). The van der Waals surface area contributed by atoms with Crippen LogP contribution in [0.1, 0.15) is 18.4 Å². The van der Waals surface area contributed by atoms with Gasteiger partial charge >= 0.3 is 5.97 Å². The Bertz CT molecular complexity index is 1070. The van der Waals surface area contributed by atoms with Crippen molar-refractivity contribution in [1.82, 2.24) is 10.2 Å². The number of hydrogen-bond donors (Lipinski definition) is 2. The predicted octanol–water partition coefficient (Wildman–Crippen LogP) is 3.32. The monoisotopic (exact) mass is 629 g/mol. The number of hydrogen-bond acceptors (Lipinski definition) is 15. The normalized spacial score (nSPS) is 11.0. The summed E-state index contributed by atoms with van der Waals surface area (Å²) in [4.78, 5) is 20.1. The molecule has 0 bridgehead atoms. The maximum Gasteiger partial charge on any atom is 0.305 e. The van der Waals surface area contributed by atoms with Crippen LogP contribution in [-0.4, -0.2) is 119 Å². The number of carboxylic acids is 1. The molecule has 2 N–H and O–H groups in total. The first-order valence-electron chi connectivity index (χ1n) is 12.8. The summed E-state index contributed by atoms with van der Waals surface area (Å²) in [6.07, 6.45) is 5.05. The van der Waals surface area contributed by atoms with E-state index in [4.69, 9.17) is 33.2 Å². The summed E-state index contributed by atoms with van der Waals surface area (Å²) in [7, 11) is 1.83. The average molecular weight is 630 g/mol. The fraction of sp³-hybridized carbons (Fsp3) is 0.538. The molecule has 0 radical (unpaired) electrons. The summed E-state index contributed by atoms with van der Waals surface area (Å²) >= 11 is 2.94. The fourth-order valence-corrected chi connectivity index (χ4v) is 3.34. The van der Waals surface area contributed by atoms with Gasteiger partial charge in [-0.25, -0.2) is 0 Å². The minimum absolute atomic E-state index is 0.00716. The molecule has 0 saturated heterocycles. The van der Waals surface area contributed by atoms with Gasteiger partial charge in [-0.2, -0.15) is 5.10 Å². The molecule has 0 aliphatic heterocycles. The van der Waals surface area contributed by atoms with Crippen LogP contribution in [0.25, 0.3) is 11.5 Å². The summed E-state index contributed by atoms with van der Waals surface area (Å²) in [5.74, 6) is 0.412. The number of rotatable bonds is 22. The number of ether oxygens (including phenoxy) is 5. The van der Waals surface area contributed by atoms with Crippen molar-refractivity contribution in [2.75, 3.05) is 83.7 Å². The third-order valence-electron chi connectivity index (χ3n) is 4.73. The van der Waals surface area contributed by atoms with Gasteiger partial charge in [-0.15, -0.1) is 27.1 Å². The SMILES string of the molecule is C=N/N=C(\OCSC)c1cc(NC)cc(-c2nnc(SC)o2)c1.O=CCCOCCOCCOCCOCCC(=O)O. The quantitative estimate of drug-likeness (QED) is 0.0369. The van der Waals surface area contributed by atoms with Crippen molar-refractivity contribution in [3.05, 3.63) is 23.8 Å². The first-order chi connectivity index (χ1) is 20.5. The van der Waals surface area contributed by atoms with E-state index in [0.717, 1.165) is 23.1 Å². The van der Waals surface area contributed by atoms with E-state index in [-0.39, 0.29) is 13.0 Å². The van der Waals surface area contributed by atoms with Crippen molar-refractivity contribution in [3.8, 4) is 11.5 Å². The zero-order valence-corrected chi connectivity index (χ0v) is 25.7. The van der Waals surface area contributed by atoms with Gasteiger partial charge in [0.05, 0.1) is 59.3 Å². The van der Waals surface area contributed by atoms with Crippen LogP contribution in [0.5, 0.6) is 0 Å². The van der Waals surface area contributed by atoms with Gasteiger partial charge in [0.2, 0.25) is 11.8 Å². The second-order valence-corrected chi connectivity index (χ2v) is 9.34. The molecular weight excluding hydrogens is 590 g/mol. The van der Waals surface area contributed by atoms with Crippen LogP contribution in [0.15, 0.2) is 38.0 Å². The standard InChI is InChI=1S/C14H17N5O2S2.C12H22O7/c1-15-11-6-9(12(17-16-2)20-8-22-3)5-10(7-11)13-18-19-14(21-13)23-4;13-3-1-4-16-6-8-18-10-11-19-9-7-17-5-2-12(14)15/h5-7,15H,2,8H2,1,3-4H3;3H,1-2,4-11H2,(H,14,15)/b17-12-;. The second-order valence-electron chi connectivity index (χ2n) is 7.77. The average Bonchev–Trinajstić information content (AvgIpc) is 3.49. The maximum absolute atomic E-state index is 10.2. The molecule has 14 nitrogen and oxygen atoms in total. The molecule has 234 valence electrons. The Kier molecular flexibility index (Phi) is 21.6. The molecule has 1 aromatic carbocycles. The van der Waals surface area contributed by atoms with E-state index in [9.17, 15) is 9.59 Å². The van der Waals surface area contributed by atoms with Crippen LogP contribution < -0.4 is 5.32 Å². The van der Waals surface area contributed by atoms with Crippen molar-refractivity contribution in [2.45, 2.75) is 18.1 Å². The summed E-state index contributed by atoms with van der Waals surface area (Å²) < 4.78 is 31.8. The molecule has 42 heavy (non-hydrogen) atoms. The Morgan fingerprint density at radius 3 is 2.19 bits per heavy atom. The van der Waals surface area contributed by atoms with Crippen LogP contribution in [0, 0.1) is 0 Å². The number of aromatic nitrogens is 2. The molecule has 1 aromatic heterocycles. The zero-order chi connectivity index (χ0) is 30.8. The minimum Gasteiger partial charge on any atom is -0.481 e. The van der Waals surface area contributed by atoms with Gasteiger partial charge in [0, 0.05) is 37.0 Å². The lowest BCUT2D eigenvalue weighted by molar-refractivity contribution is -0.138. The smallest absolute Gasteiger partial charge is 0.305 e. The first kappa shape index (κ1) is 37.0. The molecule has 0 amide bonds. The Hall–Kier alpha value is -3.02. The molecule has 0 unspecified atom stereocenters. The fourth-order valence-electron chi connectivity index (χ4n) is 2.83. The third-order valence-corrected chi connectivity index (χ3v) is 5.60. The van der Waals surface area contributed by atoms with Gasteiger partial charge in [-0.1, -0.05) is 11.8 Å². The summed E-state index contributed by atoms with van der Waals surface area (Å²) in [5.41, 5.74) is 2.38. The molecule has 0 aliphatic rings.